The largest absolute Gasteiger partial charge is 0.490 e. The zero-order chi connectivity index (χ0) is 20.9. The number of carbonyl (C=O) groups is 2. The van der Waals surface area contributed by atoms with Crippen molar-refractivity contribution in [2.24, 2.45) is 11.3 Å². The van der Waals surface area contributed by atoms with Crippen molar-refractivity contribution >= 4 is 23.2 Å². The summed E-state index contributed by atoms with van der Waals surface area (Å²) in [5.74, 6) is -2.54. The lowest BCUT2D eigenvalue weighted by Gasteiger charge is -2.41. The number of piperidine rings is 1. The molecule has 10 heteroatoms. The van der Waals surface area contributed by atoms with Gasteiger partial charge in [0.25, 0.3) is 0 Å². The maximum Gasteiger partial charge on any atom is 0.490 e. The molecule has 28 heavy (non-hydrogen) atoms. The van der Waals surface area contributed by atoms with Crippen LogP contribution in [0.1, 0.15) is 23.3 Å². The summed E-state index contributed by atoms with van der Waals surface area (Å²) in [5, 5.41) is 12.3. The fraction of sp³-hybridized carbons (Fsp3) is 0.667. The first-order valence-corrected chi connectivity index (χ1v) is 9.79. The van der Waals surface area contributed by atoms with Gasteiger partial charge in [-0.3, -0.25) is 9.69 Å². The number of carboxylic acids is 1. The minimum absolute atomic E-state index is 0.0353. The van der Waals surface area contributed by atoms with Crippen LogP contribution in [-0.4, -0.2) is 61.4 Å². The molecule has 1 atom stereocenters. The molecule has 2 saturated heterocycles. The number of amides is 1. The smallest absolute Gasteiger partial charge is 0.475 e. The Bertz CT molecular complexity index is 685. The van der Waals surface area contributed by atoms with Crippen molar-refractivity contribution in [2.75, 3.05) is 33.4 Å². The fourth-order valence-electron chi connectivity index (χ4n) is 3.66. The molecule has 2 aliphatic heterocycles. The number of aliphatic carboxylic acids is 1. The van der Waals surface area contributed by atoms with Crippen LogP contribution in [0, 0.1) is 18.3 Å². The van der Waals surface area contributed by atoms with Crippen molar-refractivity contribution in [3.8, 4) is 0 Å². The van der Waals surface area contributed by atoms with Gasteiger partial charge in [-0.1, -0.05) is 0 Å². The number of aryl methyl sites for hydroxylation is 1. The number of nitrogens with zero attached hydrogens (tertiary/aromatic N) is 1. The molecule has 6 nitrogen and oxygen atoms in total. The number of alkyl halides is 3. The van der Waals surface area contributed by atoms with Gasteiger partial charge in [0.1, 0.15) is 0 Å². The molecular formula is C18H25F3N2O4S. The molecule has 2 aliphatic rings. The van der Waals surface area contributed by atoms with E-state index in [0.29, 0.717) is 6.61 Å². The van der Waals surface area contributed by atoms with Gasteiger partial charge in [-0.25, -0.2) is 4.79 Å². The molecule has 0 aromatic carbocycles. The maximum absolute atomic E-state index is 12.0. The summed E-state index contributed by atoms with van der Waals surface area (Å²) in [6.07, 6.45) is -2.91. The number of carboxylic acid groups (broad SMARTS) is 1. The van der Waals surface area contributed by atoms with E-state index in [1.807, 2.05) is 11.3 Å². The molecule has 158 valence electrons. The van der Waals surface area contributed by atoms with Gasteiger partial charge >= 0.3 is 12.1 Å². The highest BCUT2D eigenvalue weighted by molar-refractivity contribution is 7.10. The second-order valence-corrected chi connectivity index (χ2v) is 8.19. The van der Waals surface area contributed by atoms with E-state index in [1.165, 1.54) is 10.4 Å². The standard InChI is InChI=1S/C16H24N2O2S.C2HF3O2/c1-12-3-8-21-14(12)9-18-6-4-16(5-7-18)11-17-15(19)13(16)10-20-2;3-2(4,5)1(6)7/h3,8,13H,4-7,9-11H2,1-2H3,(H,17,19);(H,6,7). The molecule has 0 radical (unpaired) electrons. The predicted molar refractivity (Wildman–Crippen MR) is 98.1 cm³/mol. The first-order chi connectivity index (χ1) is 13.1. The van der Waals surface area contributed by atoms with E-state index < -0.39 is 12.1 Å². The zero-order valence-corrected chi connectivity index (χ0v) is 16.7. The molecule has 1 aromatic rings. The average Bonchev–Trinajstić information content (AvgIpc) is 3.16. The van der Waals surface area contributed by atoms with Gasteiger partial charge in [-0.05, 0) is 49.9 Å². The molecule has 0 aliphatic carbocycles. The van der Waals surface area contributed by atoms with E-state index in [1.54, 1.807) is 7.11 Å². The summed E-state index contributed by atoms with van der Waals surface area (Å²) in [6, 6.07) is 2.19. The summed E-state index contributed by atoms with van der Waals surface area (Å²) in [7, 11) is 1.69. The Hall–Kier alpha value is -1.65. The number of ether oxygens (including phenoxy) is 1. The van der Waals surface area contributed by atoms with Crippen molar-refractivity contribution in [1.82, 2.24) is 10.2 Å². The van der Waals surface area contributed by atoms with Gasteiger partial charge < -0.3 is 15.2 Å². The monoisotopic (exact) mass is 422 g/mol. The number of halogens is 3. The first-order valence-electron chi connectivity index (χ1n) is 8.91. The summed E-state index contributed by atoms with van der Waals surface area (Å²) in [5.41, 5.74) is 1.52. The summed E-state index contributed by atoms with van der Waals surface area (Å²) < 4.78 is 37.0. The lowest BCUT2D eigenvalue weighted by atomic mass is 9.71. The third-order valence-corrected chi connectivity index (χ3v) is 6.44. The highest BCUT2D eigenvalue weighted by atomic mass is 32.1. The molecule has 2 N–H and O–H groups in total. The topological polar surface area (TPSA) is 78.9 Å². The van der Waals surface area contributed by atoms with Crippen LogP contribution in [0.3, 0.4) is 0 Å². The molecule has 1 unspecified atom stereocenters. The second kappa shape index (κ2) is 9.23. The number of methoxy groups -OCH3 is 1. The molecule has 3 heterocycles. The van der Waals surface area contributed by atoms with Crippen molar-refractivity contribution < 1.29 is 32.6 Å². The van der Waals surface area contributed by atoms with Gasteiger partial charge in [-0.2, -0.15) is 13.2 Å². The van der Waals surface area contributed by atoms with E-state index in [-0.39, 0.29) is 17.2 Å². The molecule has 1 amide bonds. The van der Waals surface area contributed by atoms with E-state index in [2.05, 4.69) is 28.6 Å². The number of hydrogen-bond donors (Lipinski definition) is 2. The Morgan fingerprint density at radius 3 is 2.50 bits per heavy atom. The van der Waals surface area contributed by atoms with Crippen LogP contribution in [0.15, 0.2) is 11.4 Å². The van der Waals surface area contributed by atoms with Crippen molar-refractivity contribution in [2.45, 2.75) is 32.5 Å². The van der Waals surface area contributed by atoms with Crippen LogP contribution in [0.2, 0.25) is 0 Å². The predicted octanol–water partition coefficient (Wildman–Crippen LogP) is 2.66. The molecule has 1 spiro atoms. The number of hydrogen-bond acceptors (Lipinski definition) is 5. The van der Waals surface area contributed by atoms with Gasteiger partial charge in [-0.15, -0.1) is 11.3 Å². The number of thiophene rings is 1. The average molecular weight is 422 g/mol. The SMILES string of the molecule is COCC1C(=O)NCC12CCN(Cc1sccc1C)CC2.O=C(O)C(F)(F)F. The van der Waals surface area contributed by atoms with Crippen LogP contribution in [0.4, 0.5) is 13.2 Å². The van der Waals surface area contributed by atoms with Crippen LogP contribution < -0.4 is 5.32 Å². The van der Waals surface area contributed by atoms with E-state index >= 15 is 0 Å². The quantitative estimate of drug-likeness (QED) is 0.780. The third kappa shape index (κ3) is 5.45. The van der Waals surface area contributed by atoms with Gasteiger partial charge in [0.15, 0.2) is 0 Å². The summed E-state index contributed by atoms with van der Waals surface area (Å²) in [4.78, 5) is 24.9. The molecule has 1 aromatic heterocycles. The molecule has 3 rings (SSSR count). The Labute approximate surface area is 165 Å². The lowest BCUT2D eigenvalue weighted by molar-refractivity contribution is -0.192. The van der Waals surface area contributed by atoms with Crippen molar-refractivity contribution in [3.63, 3.8) is 0 Å². The number of carbonyl (C=O) groups excluding carboxylic acids is 1. The fourth-order valence-corrected chi connectivity index (χ4v) is 4.61. The minimum Gasteiger partial charge on any atom is -0.475 e. The van der Waals surface area contributed by atoms with Crippen LogP contribution in [-0.2, 0) is 20.9 Å². The maximum atomic E-state index is 12.0. The normalized spacial score (nSPS) is 21.9. The Balaban J connectivity index is 0.000000345. The van der Waals surface area contributed by atoms with Gasteiger partial charge in [0.05, 0.1) is 12.5 Å². The molecule has 2 fully saturated rings. The number of rotatable bonds is 4. The minimum atomic E-state index is -5.08. The van der Waals surface area contributed by atoms with Crippen molar-refractivity contribution in [3.05, 3.63) is 21.9 Å². The summed E-state index contributed by atoms with van der Waals surface area (Å²) in [6.45, 7) is 6.77. The molecule has 0 saturated carbocycles. The lowest BCUT2D eigenvalue weighted by Crippen LogP contribution is -2.45. The van der Waals surface area contributed by atoms with Crippen LogP contribution in [0.5, 0.6) is 0 Å². The van der Waals surface area contributed by atoms with E-state index in [0.717, 1.165) is 39.0 Å². The second-order valence-electron chi connectivity index (χ2n) is 7.19. The highest BCUT2D eigenvalue weighted by Gasteiger charge is 2.49. The summed E-state index contributed by atoms with van der Waals surface area (Å²) >= 11 is 1.85. The molecule has 0 bridgehead atoms. The van der Waals surface area contributed by atoms with Crippen LogP contribution >= 0.6 is 11.3 Å². The van der Waals surface area contributed by atoms with Crippen LogP contribution in [0.25, 0.3) is 0 Å². The number of nitrogens with one attached hydrogen (secondary N) is 1. The Morgan fingerprint density at radius 2 is 2.04 bits per heavy atom. The Morgan fingerprint density at radius 1 is 1.43 bits per heavy atom. The van der Waals surface area contributed by atoms with E-state index in [9.17, 15) is 18.0 Å². The Kier molecular flexibility index (Phi) is 7.46. The highest BCUT2D eigenvalue weighted by Crippen LogP contribution is 2.42. The van der Waals surface area contributed by atoms with Gasteiger partial charge in [0, 0.05) is 30.5 Å². The number of likely N-dealkylation sites (tertiary alicyclic amines) is 1. The van der Waals surface area contributed by atoms with E-state index in [4.69, 9.17) is 14.6 Å². The zero-order valence-electron chi connectivity index (χ0n) is 15.8. The first kappa shape index (κ1) is 22.6. The van der Waals surface area contributed by atoms with Gasteiger partial charge in [0.2, 0.25) is 5.91 Å². The van der Waals surface area contributed by atoms with Crippen molar-refractivity contribution in [1.29, 1.82) is 0 Å². The molecular weight excluding hydrogens is 397 g/mol. The third-order valence-electron chi connectivity index (χ3n) is 5.43.